The van der Waals surface area contributed by atoms with E-state index in [-0.39, 0.29) is 6.04 Å². The van der Waals surface area contributed by atoms with Crippen LogP contribution in [0.3, 0.4) is 0 Å². The third-order valence-corrected chi connectivity index (χ3v) is 1.59. The van der Waals surface area contributed by atoms with Crippen molar-refractivity contribution >= 4 is 8.18 Å². The van der Waals surface area contributed by atoms with Gasteiger partial charge in [-0.05, 0) is 18.4 Å². The van der Waals surface area contributed by atoms with E-state index in [9.17, 15) is 4.57 Å². The van der Waals surface area contributed by atoms with Crippen LogP contribution in [0.15, 0.2) is 0 Å². The Morgan fingerprint density at radius 3 is 2.25 bits per heavy atom. The van der Waals surface area contributed by atoms with Crippen LogP contribution in [-0.2, 0) is 9.09 Å². The van der Waals surface area contributed by atoms with Crippen LogP contribution in [-0.4, -0.2) is 13.2 Å². The van der Waals surface area contributed by atoms with Crippen molar-refractivity contribution in [3.63, 3.8) is 0 Å². The van der Waals surface area contributed by atoms with Crippen molar-refractivity contribution < 1.29 is 9.09 Å². The zero-order chi connectivity index (χ0) is 6.57. The van der Waals surface area contributed by atoms with Crippen molar-refractivity contribution in [2.24, 2.45) is 0 Å². The van der Waals surface area contributed by atoms with Gasteiger partial charge in [0.1, 0.15) is 0 Å². The van der Waals surface area contributed by atoms with Crippen molar-refractivity contribution in [2.45, 2.75) is 19.9 Å². The molecule has 0 aliphatic heterocycles. The fourth-order valence-electron chi connectivity index (χ4n) is 0.264. The molecule has 0 saturated heterocycles. The molecule has 0 heterocycles. The van der Waals surface area contributed by atoms with Gasteiger partial charge >= 0.3 is 8.18 Å². The molecule has 4 heteroatoms. The highest BCUT2D eigenvalue weighted by atomic mass is 31.1. The summed E-state index contributed by atoms with van der Waals surface area (Å²) >= 11 is 0. The van der Waals surface area contributed by atoms with E-state index in [1.165, 1.54) is 7.11 Å². The Kier molecular flexibility index (Phi) is 3.97. The summed E-state index contributed by atoms with van der Waals surface area (Å²) in [6, 6.07) is 0.221. The van der Waals surface area contributed by atoms with Crippen molar-refractivity contribution in [1.82, 2.24) is 5.09 Å². The Labute approximate surface area is 50.3 Å². The molecule has 0 aliphatic rings. The van der Waals surface area contributed by atoms with Crippen LogP contribution in [0.4, 0.5) is 0 Å². The average Bonchev–Trinajstić information content (AvgIpc) is 1.65. The zero-order valence-corrected chi connectivity index (χ0v) is 6.24. The average molecular weight is 136 g/mol. The maximum absolute atomic E-state index is 10.4. The van der Waals surface area contributed by atoms with Gasteiger partial charge in [0.2, 0.25) is 0 Å². The molecule has 0 fully saturated rings. The Bertz CT molecular complexity index is 84.1. The number of hydrogen-bond acceptors (Lipinski definition) is 2. The van der Waals surface area contributed by atoms with Crippen molar-refractivity contribution in [1.29, 1.82) is 0 Å². The predicted molar refractivity (Wildman–Crippen MR) is 32.9 cm³/mol. The van der Waals surface area contributed by atoms with Crippen LogP contribution < -0.4 is 5.09 Å². The molecule has 0 aromatic carbocycles. The fraction of sp³-hybridized carbons (Fsp3) is 1.00. The third kappa shape index (κ3) is 4.19. The molecule has 0 aliphatic carbocycles. The normalized spacial score (nSPS) is 12.2. The lowest BCUT2D eigenvalue weighted by Crippen LogP contribution is -2.13. The van der Waals surface area contributed by atoms with Gasteiger partial charge in [0.15, 0.2) is 0 Å². The predicted octanol–water partition coefficient (Wildman–Crippen LogP) is 1.29. The van der Waals surface area contributed by atoms with Crippen LogP contribution in [0.1, 0.15) is 13.8 Å². The van der Waals surface area contributed by atoms with Crippen LogP contribution in [0.2, 0.25) is 0 Å². The second-order valence-electron chi connectivity index (χ2n) is 1.72. The highest BCUT2D eigenvalue weighted by Crippen LogP contribution is 2.13. The molecule has 0 spiro atoms. The molecule has 0 aromatic heterocycles. The van der Waals surface area contributed by atoms with E-state index in [1.807, 2.05) is 13.8 Å². The van der Waals surface area contributed by atoms with E-state index in [2.05, 4.69) is 9.61 Å². The Morgan fingerprint density at radius 2 is 2.12 bits per heavy atom. The van der Waals surface area contributed by atoms with Gasteiger partial charge in [-0.15, -0.1) is 4.52 Å². The third-order valence-electron chi connectivity index (χ3n) is 0.529. The summed E-state index contributed by atoms with van der Waals surface area (Å²) in [6.07, 6.45) is 0. The lowest BCUT2D eigenvalue weighted by Gasteiger charge is -1.90. The van der Waals surface area contributed by atoms with Gasteiger partial charge in [-0.3, -0.25) is 0 Å². The second kappa shape index (κ2) is 3.96. The minimum Gasteiger partial charge on any atom is -0.133 e. The first kappa shape index (κ1) is 8.02. The van der Waals surface area contributed by atoms with E-state index in [0.29, 0.717) is 0 Å². The SMILES string of the molecule is CO[P+](=O)NC(C)C. The molecule has 48 valence electrons. The van der Waals surface area contributed by atoms with Gasteiger partial charge in [-0.1, -0.05) is 5.09 Å². The summed E-state index contributed by atoms with van der Waals surface area (Å²) in [5.74, 6) is 0. The standard InChI is InChI=1S/C4H11NO2P/c1-4(2)5-8(6)7-3/h4H,1-3H3,(H,5,6)/q+1. The van der Waals surface area contributed by atoms with Gasteiger partial charge in [0.25, 0.3) is 0 Å². The smallest absolute Gasteiger partial charge is 0.133 e. The summed E-state index contributed by atoms with van der Waals surface area (Å²) < 4.78 is 14.9. The monoisotopic (exact) mass is 136 g/mol. The molecular formula is C4H11NO2P+. The molecule has 0 saturated carbocycles. The van der Waals surface area contributed by atoms with Crippen LogP contribution in [0.25, 0.3) is 0 Å². The Balaban J connectivity index is 3.25. The summed E-state index contributed by atoms with van der Waals surface area (Å²) in [5.41, 5.74) is 0. The van der Waals surface area contributed by atoms with Gasteiger partial charge < -0.3 is 0 Å². The Morgan fingerprint density at radius 1 is 1.62 bits per heavy atom. The minimum absolute atomic E-state index is 0.221. The first-order valence-electron chi connectivity index (χ1n) is 2.44. The molecule has 1 N–H and O–H groups in total. The van der Waals surface area contributed by atoms with Gasteiger partial charge in [-0.2, -0.15) is 0 Å². The zero-order valence-electron chi connectivity index (χ0n) is 5.34. The van der Waals surface area contributed by atoms with E-state index in [0.717, 1.165) is 0 Å². The molecule has 0 rings (SSSR count). The molecular weight excluding hydrogens is 125 g/mol. The molecule has 0 bridgehead atoms. The number of nitrogens with one attached hydrogen (secondary N) is 1. The van der Waals surface area contributed by atoms with Crippen LogP contribution in [0.5, 0.6) is 0 Å². The van der Waals surface area contributed by atoms with Crippen LogP contribution in [0, 0.1) is 0 Å². The molecule has 1 atom stereocenters. The summed E-state index contributed by atoms with van der Waals surface area (Å²) in [5, 5.41) is 2.68. The summed E-state index contributed by atoms with van der Waals surface area (Å²) in [6.45, 7) is 3.82. The van der Waals surface area contributed by atoms with E-state index < -0.39 is 8.18 Å². The summed E-state index contributed by atoms with van der Waals surface area (Å²) in [4.78, 5) is 0. The minimum atomic E-state index is -1.62. The highest BCUT2D eigenvalue weighted by molar-refractivity contribution is 7.36. The molecule has 0 amide bonds. The maximum atomic E-state index is 10.4. The summed E-state index contributed by atoms with van der Waals surface area (Å²) in [7, 11) is -0.207. The molecule has 8 heavy (non-hydrogen) atoms. The lowest BCUT2D eigenvalue weighted by molar-refractivity contribution is 0.400. The van der Waals surface area contributed by atoms with E-state index in [1.54, 1.807) is 0 Å². The van der Waals surface area contributed by atoms with Crippen molar-refractivity contribution in [2.75, 3.05) is 7.11 Å². The fourth-order valence-corrected chi connectivity index (χ4v) is 0.791. The van der Waals surface area contributed by atoms with Gasteiger partial charge in [0.05, 0.1) is 7.11 Å². The van der Waals surface area contributed by atoms with Gasteiger partial charge in [0, 0.05) is 6.04 Å². The van der Waals surface area contributed by atoms with Gasteiger partial charge in [-0.25, -0.2) is 0 Å². The highest BCUT2D eigenvalue weighted by Gasteiger charge is 2.14. The van der Waals surface area contributed by atoms with Crippen molar-refractivity contribution in [3.8, 4) is 0 Å². The molecule has 3 nitrogen and oxygen atoms in total. The molecule has 0 radical (unpaired) electrons. The largest absolute Gasteiger partial charge is 0.612 e. The maximum Gasteiger partial charge on any atom is 0.612 e. The lowest BCUT2D eigenvalue weighted by atomic mass is 10.4. The topological polar surface area (TPSA) is 38.3 Å². The first-order chi connectivity index (χ1) is 3.66. The number of hydrogen-bond donors (Lipinski definition) is 1. The van der Waals surface area contributed by atoms with Crippen molar-refractivity contribution in [3.05, 3.63) is 0 Å². The second-order valence-corrected chi connectivity index (χ2v) is 2.86. The number of rotatable bonds is 3. The van der Waals surface area contributed by atoms with Crippen LogP contribution >= 0.6 is 8.18 Å². The Hall–Kier alpha value is 0.0200. The van der Waals surface area contributed by atoms with E-state index >= 15 is 0 Å². The first-order valence-corrected chi connectivity index (χ1v) is 3.62. The quantitative estimate of drug-likeness (QED) is 0.594. The van der Waals surface area contributed by atoms with E-state index in [4.69, 9.17) is 0 Å². The molecule has 0 aromatic rings. The molecule has 1 unspecified atom stereocenters.